The average Bonchev–Trinajstić information content (AvgIpc) is 2.58. The molecule has 26 heavy (non-hydrogen) atoms. The summed E-state index contributed by atoms with van der Waals surface area (Å²) < 4.78 is 0. The lowest BCUT2D eigenvalue weighted by Gasteiger charge is -2.36. The van der Waals surface area contributed by atoms with Crippen molar-refractivity contribution in [2.75, 3.05) is 0 Å². The number of nitrogens with two attached hydrogens (primary N) is 1. The molecule has 2 N–H and O–H groups in total. The van der Waals surface area contributed by atoms with Gasteiger partial charge in [0.2, 0.25) is 0 Å². The third-order valence-electron chi connectivity index (χ3n) is 5.72. The number of allylic oxidation sites excluding steroid dienone is 5. The van der Waals surface area contributed by atoms with E-state index in [1.54, 1.807) is 0 Å². The van der Waals surface area contributed by atoms with Crippen LogP contribution in [0.25, 0.3) is 5.57 Å². The van der Waals surface area contributed by atoms with Gasteiger partial charge in [-0.15, -0.1) is 0 Å². The average molecular weight is 352 g/mol. The molecule has 1 aromatic carbocycles. The van der Waals surface area contributed by atoms with E-state index in [4.69, 9.17) is 5.73 Å². The van der Waals surface area contributed by atoms with Crippen LogP contribution in [0, 0.1) is 6.92 Å². The molecule has 1 atom stereocenters. The fraction of sp³-hybridized carbons (Fsp3) is 0.440. The summed E-state index contributed by atoms with van der Waals surface area (Å²) in [6.45, 7) is 23.6. The van der Waals surface area contributed by atoms with Gasteiger partial charge in [-0.2, -0.15) is 0 Å². The maximum atomic E-state index is 6.23. The van der Waals surface area contributed by atoms with Crippen molar-refractivity contribution in [2.45, 2.75) is 73.1 Å². The third-order valence-corrected chi connectivity index (χ3v) is 5.72. The minimum Gasteiger partial charge on any atom is -0.398 e. The Bertz CT molecular complexity index is 741. The quantitative estimate of drug-likeness (QED) is 0.388. The Kier molecular flexibility index (Phi) is 7.68. The summed E-state index contributed by atoms with van der Waals surface area (Å²) in [5.41, 5.74) is 15.4. The Morgan fingerprint density at radius 2 is 1.73 bits per heavy atom. The van der Waals surface area contributed by atoms with Gasteiger partial charge in [0.05, 0.1) is 0 Å². The van der Waals surface area contributed by atoms with E-state index in [1.807, 2.05) is 6.08 Å². The predicted molar refractivity (Wildman–Crippen MR) is 118 cm³/mol. The Labute approximate surface area is 161 Å². The zero-order valence-electron chi connectivity index (χ0n) is 17.9. The smallest absolute Gasteiger partial charge is 0.0349 e. The first kappa shape index (κ1) is 22.0. The second kappa shape index (κ2) is 9.07. The summed E-state index contributed by atoms with van der Waals surface area (Å²) >= 11 is 0. The number of benzene rings is 1. The lowest BCUT2D eigenvalue weighted by atomic mass is 9.68. The molecule has 1 rings (SSSR count). The van der Waals surface area contributed by atoms with E-state index in [2.05, 4.69) is 79.8 Å². The molecule has 142 valence electrons. The van der Waals surface area contributed by atoms with E-state index in [0.29, 0.717) is 0 Å². The summed E-state index contributed by atoms with van der Waals surface area (Å²) in [5.74, 6) is 0. The van der Waals surface area contributed by atoms with Crippen LogP contribution in [0.1, 0.15) is 77.5 Å². The maximum Gasteiger partial charge on any atom is 0.0349 e. The molecule has 0 saturated heterocycles. The maximum absolute atomic E-state index is 6.23. The van der Waals surface area contributed by atoms with Gasteiger partial charge in [0.15, 0.2) is 0 Å². The van der Waals surface area contributed by atoms with Crippen LogP contribution >= 0.6 is 0 Å². The van der Waals surface area contributed by atoms with Gasteiger partial charge in [0.25, 0.3) is 0 Å². The molecule has 0 aliphatic carbocycles. The van der Waals surface area contributed by atoms with Crippen LogP contribution in [0.2, 0.25) is 0 Å². The summed E-state index contributed by atoms with van der Waals surface area (Å²) in [5, 5.41) is 0. The fourth-order valence-electron chi connectivity index (χ4n) is 3.74. The molecule has 0 heterocycles. The van der Waals surface area contributed by atoms with E-state index in [1.165, 1.54) is 22.3 Å². The van der Waals surface area contributed by atoms with Crippen LogP contribution < -0.4 is 5.73 Å². The summed E-state index contributed by atoms with van der Waals surface area (Å²) in [7, 11) is 0. The molecule has 0 amide bonds. The van der Waals surface area contributed by atoms with Crippen molar-refractivity contribution in [1.29, 1.82) is 0 Å². The zero-order chi connectivity index (χ0) is 20.1. The van der Waals surface area contributed by atoms with Crippen molar-refractivity contribution >= 4 is 5.57 Å². The van der Waals surface area contributed by atoms with E-state index in [9.17, 15) is 0 Å². The van der Waals surface area contributed by atoms with Crippen LogP contribution in [0.3, 0.4) is 0 Å². The number of hydrogen-bond donors (Lipinski definition) is 1. The minimum atomic E-state index is 0.0617. The summed E-state index contributed by atoms with van der Waals surface area (Å²) in [6.07, 6.45) is 5.33. The van der Waals surface area contributed by atoms with E-state index in [0.717, 1.165) is 41.7 Å². The Morgan fingerprint density at radius 3 is 2.15 bits per heavy atom. The molecule has 0 fully saturated rings. The van der Waals surface area contributed by atoms with Crippen molar-refractivity contribution < 1.29 is 0 Å². The largest absolute Gasteiger partial charge is 0.398 e. The highest BCUT2D eigenvalue weighted by Gasteiger charge is 2.31. The molecule has 0 bridgehead atoms. The molecule has 1 nitrogen and oxygen atoms in total. The summed E-state index contributed by atoms with van der Waals surface area (Å²) in [4.78, 5) is 0. The van der Waals surface area contributed by atoms with Gasteiger partial charge in [0, 0.05) is 11.1 Å². The molecule has 0 spiro atoms. The Morgan fingerprint density at radius 1 is 1.12 bits per heavy atom. The second-order valence-electron chi connectivity index (χ2n) is 7.75. The Hall–Kier alpha value is -2.02. The van der Waals surface area contributed by atoms with Crippen LogP contribution in [0.5, 0.6) is 0 Å². The van der Waals surface area contributed by atoms with Crippen LogP contribution in [-0.2, 0) is 5.41 Å². The molecule has 0 aromatic heterocycles. The van der Waals surface area contributed by atoms with Crippen molar-refractivity contribution in [3.63, 3.8) is 0 Å². The number of rotatable bonds is 8. The first-order chi connectivity index (χ1) is 12.1. The zero-order valence-corrected chi connectivity index (χ0v) is 17.9. The molecule has 0 aliphatic rings. The fourth-order valence-corrected chi connectivity index (χ4v) is 3.74. The monoisotopic (exact) mass is 351 g/mol. The standard InChI is InChI=1S/C25H37N/c1-10-14-25(11-2,18(5)6)23-13-12-22(15-20(23)8)19(7)16-24(26)21(9)17(3)4/h12-13,15-16H,5,7,10-11,14,26H2,1-4,6,8-9H3/b24-16+. The molecule has 0 radical (unpaired) electrons. The van der Waals surface area contributed by atoms with Gasteiger partial charge in [0.1, 0.15) is 0 Å². The van der Waals surface area contributed by atoms with Crippen molar-refractivity contribution in [2.24, 2.45) is 5.73 Å². The first-order valence-electron chi connectivity index (χ1n) is 9.68. The molecule has 1 heteroatoms. The molecule has 0 aliphatic heterocycles. The van der Waals surface area contributed by atoms with Gasteiger partial charge in [-0.1, -0.05) is 62.8 Å². The van der Waals surface area contributed by atoms with Crippen LogP contribution in [0.4, 0.5) is 0 Å². The van der Waals surface area contributed by atoms with Crippen LogP contribution in [-0.4, -0.2) is 0 Å². The molecular formula is C25H37N. The Balaban J connectivity index is 3.33. The molecule has 0 saturated carbocycles. The lowest BCUT2D eigenvalue weighted by Crippen LogP contribution is -2.27. The lowest BCUT2D eigenvalue weighted by molar-refractivity contribution is 0.439. The van der Waals surface area contributed by atoms with E-state index in [-0.39, 0.29) is 5.41 Å². The van der Waals surface area contributed by atoms with Crippen molar-refractivity contribution in [3.05, 3.63) is 76.5 Å². The second-order valence-corrected chi connectivity index (χ2v) is 7.75. The normalized spacial score (nSPS) is 13.9. The predicted octanol–water partition coefficient (Wildman–Crippen LogP) is 7.23. The van der Waals surface area contributed by atoms with E-state index >= 15 is 0 Å². The molecule has 1 unspecified atom stereocenters. The van der Waals surface area contributed by atoms with Crippen molar-refractivity contribution in [1.82, 2.24) is 0 Å². The molecular weight excluding hydrogens is 314 g/mol. The van der Waals surface area contributed by atoms with Crippen molar-refractivity contribution in [3.8, 4) is 0 Å². The van der Waals surface area contributed by atoms with E-state index < -0.39 is 0 Å². The van der Waals surface area contributed by atoms with Gasteiger partial charge >= 0.3 is 0 Å². The molecule has 1 aromatic rings. The minimum absolute atomic E-state index is 0.0617. The first-order valence-corrected chi connectivity index (χ1v) is 9.68. The number of aryl methyl sites for hydroxylation is 1. The van der Waals surface area contributed by atoms with Gasteiger partial charge < -0.3 is 5.73 Å². The third kappa shape index (κ3) is 4.58. The van der Waals surface area contributed by atoms with Gasteiger partial charge in [-0.25, -0.2) is 0 Å². The number of hydrogen-bond acceptors (Lipinski definition) is 1. The van der Waals surface area contributed by atoms with Gasteiger partial charge in [-0.05, 0) is 81.4 Å². The summed E-state index contributed by atoms with van der Waals surface area (Å²) in [6, 6.07) is 6.68. The highest BCUT2D eigenvalue weighted by Crippen LogP contribution is 2.41. The SMILES string of the molecule is C=C(/C=C(/N)C(C)=C(C)C)c1ccc(C(CC)(CCC)C(=C)C)c(C)c1. The van der Waals surface area contributed by atoms with Crippen LogP contribution in [0.15, 0.2) is 59.8 Å². The van der Waals surface area contributed by atoms with Gasteiger partial charge in [-0.3, -0.25) is 0 Å². The topological polar surface area (TPSA) is 26.0 Å². The highest BCUT2D eigenvalue weighted by molar-refractivity contribution is 5.74. The highest BCUT2D eigenvalue weighted by atomic mass is 14.6.